The van der Waals surface area contributed by atoms with E-state index in [0.717, 1.165) is 12.3 Å². The number of carbonyl (C=O) groups is 1. The maximum Gasteiger partial charge on any atom is 0.411 e. The molecule has 2 aromatic heterocycles. The number of anilines is 1. The summed E-state index contributed by atoms with van der Waals surface area (Å²) in [5.74, 6) is -0.795. The molecule has 1 aromatic carbocycles. The van der Waals surface area contributed by atoms with Crippen LogP contribution in [-0.4, -0.2) is 24.5 Å². The Bertz CT molecular complexity index is 1200. The largest absolute Gasteiger partial charge is 0.411 e. The number of hydrogen-bond acceptors (Lipinski definition) is 6. The third kappa shape index (κ3) is 4.79. The summed E-state index contributed by atoms with van der Waals surface area (Å²) in [5.41, 5.74) is 6.26. The minimum absolute atomic E-state index is 0.0396. The Hall–Kier alpha value is -3.24. The Labute approximate surface area is 170 Å². The number of aromatic nitrogens is 2. The zero-order valence-electron chi connectivity index (χ0n) is 14.9. The summed E-state index contributed by atoms with van der Waals surface area (Å²) in [4.78, 5) is 18.5. The lowest BCUT2D eigenvalue weighted by Gasteiger charge is -2.12. The van der Waals surface area contributed by atoms with Crippen molar-refractivity contribution in [2.24, 2.45) is 5.73 Å². The predicted octanol–water partition coefficient (Wildman–Crippen LogP) is 3.50. The van der Waals surface area contributed by atoms with Crippen LogP contribution in [0, 0.1) is 12.7 Å². The topological polar surface area (TPSA) is 124 Å². The van der Waals surface area contributed by atoms with Crippen molar-refractivity contribution in [1.29, 1.82) is 0 Å². The second kappa shape index (κ2) is 8.02. The number of ether oxygens (including phenoxy) is 1. The lowest BCUT2D eigenvalue weighted by Crippen LogP contribution is -2.18. The normalized spacial score (nSPS) is 11.1. The van der Waals surface area contributed by atoms with Crippen LogP contribution in [0.15, 0.2) is 53.6 Å². The maximum absolute atomic E-state index is 13.7. The number of carbonyl (C=O) groups excluding carboxylic acids is 1. The standard InChI is InChI=1S/C18H14ClFN4O4S/c1-10-2-3-11(20)8-13(10)17-14(19)4-5-15(23-17)24-29(26,27)12-6-7-22-16(9-12)28-18(21)25/h2-9H,1H3,(H2,21,25)(H,23,24). The summed E-state index contributed by atoms with van der Waals surface area (Å²) in [6.07, 6.45) is 0.0124. The zero-order valence-corrected chi connectivity index (χ0v) is 16.5. The molecule has 3 N–H and O–H groups in total. The molecule has 1 amide bonds. The van der Waals surface area contributed by atoms with Gasteiger partial charge in [0.05, 0.1) is 15.6 Å². The summed E-state index contributed by atoms with van der Waals surface area (Å²) in [5, 5.41) is 0.225. The third-order valence-corrected chi connectivity index (χ3v) is 5.42. The summed E-state index contributed by atoms with van der Waals surface area (Å²) < 4.78 is 45.8. The average Bonchev–Trinajstić information content (AvgIpc) is 2.65. The van der Waals surface area contributed by atoms with E-state index in [0.29, 0.717) is 11.1 Å². The molecule has 11 heteroatoms. The number of hydrogen-bond donors (Lipinski definition) is 2. The van der Waals surface area contributed by atoms with Gasteiger partial charge in [-0.15, -0.1) is 0 Å². The molecule has 0 atom stereocenters. The zero-order chi connectivity index (χ0) is 21.2. The Morgan fingerprint density at radius 3 is 2.69 bits per heavy atom. The summed E-state index contributed by atoms with van der Waals surface area (Å²) in [6.45, 7) is 1.75. The molecule has 0 saturated carbocycles. The molecule has 3 rings (SSSR count). The highest BCUT2D eigenvalue weighted by molar-refractivity contribution is 7.92. The number of rotatable bonds is 5. The van der Waals surface area contributed by atoms with E-state index in [1.807, 2.05) is 0 Å². The van der Waals surface area contributed by atoms with Crippen LogP contribution in [-0.2, 0) is 10.0 Å². The van der Waals surface area contributed by atoms with Crippen molar-refractivity contribution in [3.8, 4) is 17.1 Å². The van der Waals surface area contributed by atoms with E-state index in [1.54, 1.807) is 13.0 Å². The van der Waals surface area contributed by atoms with Crippen LogP contribution < -0.4 is 15.2 Å². The number of aryl methyl sites for hydroxylation is 1. The van der Waals surface area contributed by atoms with Gasteiger partial charge in [0.15, 0.2) is 0 Å². The molecule has 2 heterocycles. The van der Waals surface area contributed by atoms with Crippen LogP contribution in [0.25, 0.3) is 11.3 Å². The van der Waals surface area contributed by atoms with E-state index in [4.69, 9.17) is 17.3 Å². The van der Waals surface area contributed by atoms with Crippen molar-refractivity contribution in [2.75, 3.05) is 4.72 Å². The average molecular weight is 437 g/mol. The minimum Gasteiger partial charge on any atom is -0.391 e. The van der Waals surface area contributed by atoms with Crippen LogP contribution in [0.5, 0.6) is 5.88 Å². The molecule has 0 saturated heterocycles. The van der Waals surface area contributed by atoms with Crippen molar-refractivity contribution in [3.63, 3.8) is 0 Å². The fourth-order valence-electron chi connectivity index (χ4n) is 2.45. The van der Waals surface area contributed by atoms with Crippen molar-refractivity contribution >= 4 is 33.5 Å². The second-order valence-corrected chi connectivity index (χ2v) is 7.93. The van der Waals surface area contributed by atoms with Gasteiger partial charge in [0.2, 0.25) is 5.88 Å². The molecule has 0 aliphatic heterocycles. The number of benzene rings is 1. The number of nitrogens with one attached hydrogen (secondary N) is 1. The van der Waals surface area contributed by atoms with Gasteiger partial charge in [-0.2, -0.15) is 0 Å². The molecule has 0 bridgehead atoms. The van der Waals surface area contributed by atoms with Crippen LogP contribution in [0.3, 0.4) is 0 Å². The van der Waals surface area contributed by atoms with Gasteiger partial charge in [0.1, 0.15) is 11.6 Å². The molecule has 0 unspecified atom stereocenters. The molecule has 8 nitrogen and oxygen atoms in total. The minimum atomic E-state index is -4.10. The van der Waals surface area contributed by atoms with Crippen molar-refractivity contribution < 1.29 is 22.3 Å². The molecular formula is C18H14ClFN4O4S. The van der Waals surface area contributed by atoms with E-state index in [1.165, 1.54) is 30.3 Å². The number of pyridine rings is 2. The first kappa shape index (κ1) is 20.5. The molecule has 0 fully saturated rings. The van der Waals surface area contributed by atoms with Gasteiger partial charge in [-0.05, 0) is 42.8 Å². The number of sulfonamides is 1. The predicted molar refractivity (Wildman–Crippen MR) is 105 cm³/mol. The lowest BCUT2D eigenvalue weighted by atomic mass is 10.0. The Balaban J connectivity index is 1.96. The van der Waals surface area contributed by atoms with Gasteiger partial charge in [0.25, 0.3) is 10.0 Å². The highest BCUT2D eigenvalue weighted by Crippen LogP contribution is 2.31. The Morgan fingerprint density at radius 1 is 1.21 bits per heavy atom. The van der Waals surface area contributed by atoms with E-state index in [2.05, 4.69) is 19.4 Å². The SMILES string of the molecule is Cc1ccc(F)cc1-c1nc(NS(=O)(=O)c2ccnc(OC(N)=O)c2)ccc1Cl. The molecule has 29 heavy (non-hydrogen) atoms. The first-order chi connectivity index (χ1) is 13.7. The van der Waals surface area contributed by atoms with Crippen LogP contribution in [0.4, 0.5) is 15.0 Å². The highest BCUT2D eigenvalue weighted by Gasteiger charge is 2.18. The van der Waals surface area contributed by atoms with Crippen molar-refractivity contribution in [3.05, 3.63) is 65.1 Å². The first-order valence-electron chi connectivity index (χ1n) is 8.05. The van der Waals surface area contributed by atoms with E-state index in [9.17, 15) is 17.6 Å². The molecule has 0 aliphatic rings. The van der Waals surface area contributed by atoms with Crippen LogP contribution >= 0.6 is 11.6 Å². The fraction of sp³-hybridized carbons (Fsp3) is 0.0556. The highest BCUT2D eigenvalue weighted by atomic mass is 35.5. The monoisotopic (exact) mass is 436 g/mol. The summed E-state index contributed by atoms with van der Waals surface area (Å²) in [7, 11) is -4.10. The van der Waals surface area contributed by atoms with Gasteiger partial charge in [-0.1, -0.05) is 17.7 Å². The number of primary amides is 1. The fourth-order valence-corrected chi connectivity index (χ4v) is 3.66. The van der Waals surface area contributed by atoms with Gasteiger partial charge >= 0.3 is 6.09 Å². The molecular weight excluding hydrogens is 423 g/mol. The number of nitrogens with zero attached hydrogens (tertiary/aromatic N) is 2. The van der Waals surface area contributed by atoms with E-state index >= 15 is 0 Å². The third-order valence-electron chi connectivity index (χ3n) is 3.76. The van der Waals surface area contributed by atoms with E-state index < -0.39 is 21.9 Å². The van der Waals surface area contributed by atoms with Crippen molar-refractivity contribution in [2.45, 2.75) is 11.8 Å². The molecule has 0 spiro atoms. The molecule has 0 aliphatic carbocycles. The summed E-state index contributed by atoms with van der Waals surface area (Å²) in [6, 6.07) is 9.16. The number of amides is 1. The van der Waals surface area contributed by atoms with Gasteiger partial charge in [-0.3, -0.25) is 4.72 Å². The molecule has 3 aromatic rings. The quantitative estimate of drug-likeness (QED) is 0.630. The number of nitrogens with two attached hydrogens (primary N) is 1. The van der Waals surface area contributed by atoms with E-state index in [-0.39, 0.29) is 27.3 Å². The van der Waals surface area contributed by atoms with Gasteiger partial charge in [0, 0.05) is 17.8 Å². The van der Waals surface area contributed by atoms with Crippen LogP contribution in [0.2, 0.25) is 5.02 Å². The number of halogens is 2. The lowest BCUT2D eigenvalue weighted by molar-refractivity contribution is 0.209. The molecule has 150 valence electrons. The van der Waals surface area contributed by atoms with Gasteiger partial charge in [-0.25, -0.2) is 27.6 Å². The second-order valence-electron chi connectivity index (χ2n) is 5.84. The molecule has 0 radical (unpaired) electrons. The first-order valence-corrected chi connectivity index (χ1v) is 9.91. The van der Waals surface area contributed by atoms with Crippen molar-refractivity contribution in [1.82, 2.24) is 9.97 Å². The summed E-state index contributed by atoms with van der Waals surface area (Å²) >= 11 is 6.18. The Kier molecular flexibility index (Phi) is 5.66. The maximum atomic E-state index is 13.7. The Morgan fingerprint density at radius 2 is 1.97 bits per heavy atom. The van der Waals surface area contributed by atoms with Gasteiger partial charge < -0.3 is 10.5 Å². The smallest absolute Gasteiger partial charge is 0.391 e. The van der Waals surface area contributed by atoms with Crippen LogP contribution in [0.1, 0.15) is 5.56 Å².